The van der Waals surface area contributed by atoms with Crippen LogP contribution in [0.3, 0.4) is 0 Å². The van der Waals surface area contributed by atoms with Crippen LogP contribution in [0.4, 0.5) is 5.82 Å². The average molecular weight is 280 g/mol. The summed E-state index contributed by atoms with van der Waals surface area (Å²) in [5.41, 5.74) is 0. The molecule has 102 valence electrons. The molecule has 3 rings (SSSR count). The van der Waals surface area contributed by atoms with Gasteiger partial charge in [0, 0.05) is 19.2 Å². The summed E-state index contributed by atoms with van der Waals surface area (Å²) >= 11 is 6.06. The molecule has 2 aromatic heterocycles. The molecule has 19 heavy (non-hydrogen) atoms. The van der Waals surface area contributed by atoms with Crippen molar-refractivity contribution in [2.45, 2.75) is 32.6 Å². The number of fused-ring (bicyclic) bond motifs is 1. The van der Waals surface area contributed by atoms with Crippen molar-refractivity contribution in [3.05, 3.63) is 17.5 Å². The maximum absolute atomic E-state index is 6.06. The van der Waals surface area contributed by atoms with E-state index in [0.717, 1.165) is 24.8 Å². The molecule has 0 amide bonds. The van der Waals surface area contributed by atoms with E-state index in [1.54, 1.807) is 4.52 Å². The fourth-order valence-corrected chi connectivity index (χ4v) is 3.03. The summed E-state index contributed by atoms with van der Waals surface area (Å²) in [4.78, 5) is 10.6. The molecular weight excluding hydrogens is 262 g/mol. The maximum Gasteiger partial charge on any atom is 0.255 e. The molecule has 0 spiro atoms. The molecule has 0 saturated carbocycles. The summed E-state index contributed by atoms with van der Waals surface area (Å²) in [6.07, 6.45) is 6.61. The second-order valence-corrected chi connectivity index (χ2v) is 5.52. The van der Waals surface area contributed by atoms with E-state index < -0.39 is 0 Å². The van der Waals surface area contributed by atoms with Gasteiger partial charge in [0.1, 0.15) is 17.3 Å². The second-order valence-electron chi connectivity index (χ2n) is 5.13. The zero-order valence-corrected chi connectivity index (χ0v) is 11.8. The third-order valence-corrected chi connectivity index (χ3v) is 4.03. The molecule has 1 saturated heterocycles. The number of hydrogen-bond acceptors (Lipinski definition) is 4. The van der Waals surface area contributed by atoms with Crippen molar-refractivity contribution in [3.8, 4) is 0 Å². The van der Waals surface area contributed by atoms with Gasteiger partial charge in [-0.2, -0.15) is 19.6 Å². The first-order chi connectivity index (χ1) is 9.28. The molecule has 0 unspecified atom stereocenters. The zero-order valence-electron chi connectivity index (χ0n) is 11.1. The molecule has 0 radical (unpaired) electrons. The first-order valence-electron chi connectivity index (χ1n) is 6.89. The number of aromatic nitrogens is 4. The Bertz CT molecular complexity index is 559. The maximum atomic E-state index is 6.06. The Labute approximate surface area is 117 Å². The number of rotatable bonds is 3. The highest BCUT2D eigenvalue weighted by atomic mass is 35.5. The predicted octanol–water partition coefficient (Wildman–Crippen LogP) is 2.79. The Balaban J connectivity index is 1.83. The molecule has 1 aliphatic heterocycles. The number of halogens is 1. The highest BCUT2D eigenvalue weighted by Crippen LogP contribution is 2.27. The van der Waals surface area contributed by atoms with Crippen LogP contribution in [0.1, 0.15) is 32.6 Å². The second kappa shape index (κ2) is 5.33. The molecule has 0 aliphatic carbocycles. The average Bonchev–Trinajstić information content (AvgIpc) is 2.87. The minimum atomic E-state index is 0.478. The van der Waals surface area contributed by atoms with E-state index in [4.69, 9.17) is 11.6 Å². The van der Waals surface area contributed by atoms with Crippen molar-refractivity contribution < 1.29 is 0 Å². The summed E-state index contributed by atoms with van der Waals surface area (Å²) in [7, 11) is 0. The SMILES string of the molecule is CCCC1CCN(c2cc(Cl)nc3ncnn23)CC1. The molecule has 0 bridgehead atoms. The molecule has 2 aromatic rings. The topological polar surface area (TPSA) is 46.3 Å². The molecule has 0 aromatic carbocycles. The molecule has 3 heterocycles. The van der Waals surface area contributed by atoms with Gasteiger partial charge in [0.25, 0.3) is 5.78 Å². The molecule has 6 heteroatoms. The van der Waals surface area contributed by atoms with Gasteiger partial charge >= 0.3 is 0 Å². The van der Waals surface area contributed by atoms with Crippen molar-refractivity contribution in [1.29, 1.82) is 0 Å². The van der Waals surface area contributed by atoms with Crippen molar-refractivity contribution in [2.75, 3.05) is 18.0 Å². The summed E-state index contributed by atoms with van der Waals surface area (Å²) < 4.78 is 1.77. The number of piperidine rings is 1. The molecule has 5 nitrogen and oxygen atoms in total. The van der Waals surface area contributed by atoms with Crippen LogP contribution < -0.4 is 4.90 Å². The zero-order chi connectivity index (χ0) is 13.2. The third kappa shape index (κ3) is 2.52. The lowest BCUT2D eigenvalue weighted by Gasteiger charge is -2.33. The van der Waals surface area contributed by atoms with Crippen LogP contribution in [0.5, 0.6) is 0 Å². The van der Waals surface area contributed by atoms with Gasteiger partial charge in [-0.3, -0.25) is 0 Å². The van der Waals surface area contributed by atoms with E-state index in [1.165, 1.54) is 32.0 Å². The molecule has 1 fully saturated rings. The smallest absolute Gasteiger partial charge is 0.255 e. The predicted molar refractivity (Wildman–Crippen MR) is 75.6 cm³/mol. The van der Waals surface area contributed by atoms with Gasteiger partial charge in [-0.05, 0) is 18.8 Å². The summed E-state index contributed by atoms with van der Waals surface area (Å²) in [5.74, 6) is 2.44. The van der Waals surface area contributed by atoms with Crippen molar-refractivity contribution in [1.82, 2.24) is 19.6 Å². The van der Waals surface area contributed by atoms with E-state index in [0.29, 0.717) is 10.9 Å². The quantitative estimate of drug-likeness (QED) is 0.811. The van der Waals surface area contributed by atoms with Crippen LogP contribution in [0.2, 0.25) is 5.15 Å². The van der Waals surface area contributed by atoms with E-state index >= 15 is 0 Å². The summed E-state index contributed by atoms with van der Waals surface area (Å²) in [5, 5.41) is 4.71. The number of anilines is 1. The lowest BCUT2D eigenvalue weighted by Crippen LogP contribution is -2.35. The monoisotopic (exact) mass is 279 g/mol. The standard InChI is InChI=1S/C13H18ClN5/c1-2-3-10-4-6-18(7-5-10)12-8-11(14)17-13-15-9-16-19(12)13/h8-10H,2-7H2,1H3. The molecule has 1 aliphatic rings. The highest BCUT2D eigenvalue weighted by molar-refractivity contribution is 6.29. The van der Waals surface area contributed by atoms with Gasteiger partial charge in [-0.15, -0.1) is 0 Å². The minimum absolute atomic E-state index is 0.478. The van der Waals surface area contributed by atoms with Gasteiger partial charge in [-0.25, -0.2) is 0 Å². The van der Waals surface area contributed by atoms with E-state index in [9.17, 15) is 0 Å². The van der Waals surface area contributed by atoms with E-state index in [2.05, 4.69) is 26.9 Å². The van der Waals surface area contributed by atoms with Gasteiger partial charge < -0.3 is 4.90 Å². The van der Waals surface area contributed by atoms with Crippen LogP contribution in [-0.2, 0) is 0 Å². The minimum Gasteiger partial charge on any atom is -0.356 e. The Morgan fingerprint density at radius 3 is 2.89 bits per heavy atom. The summed E-state index contributed by atoms with van der Waals surface area (Å²) in [6, 6.07) is 1.88. The third-order valence-electron chi connectivity index (χ3n) is 3.84. The van der Waals surface area contributed by atoms with Gasteiger partial charge in [0.2, 0.25) is 0 Å². The Morgan fingerprint density at radius 2 is 2.16 bits per heavy atom. The highest BCUT2D eigenvalue weighted by Gasteiger charge is 2.21. The number of hydrogen-bond donors (Lipinski definition) is 0. The lowest BCUT2D eigenvalue weighted by atomic mass is 9.92. The lowest BCUT2D eigenvalue weighted by molar-refractivity contribution is 0.376. The van der Waals surface area contributed by atoms with Crippen molar-refractivity contribution in [3.63, 3.8) is 0 Å². The van der Waals surface area contributed by atoms with Gasteiger partial charge in [-0.1, -0.05) is 31.4 Å². The molecule has 0 atom stereocenters. The van der Waals surface area contributed by atoms with Crippen molar-refractivity contribution in [2.24, 2.45) is 5.92 Å². The van der Waals surface area contributed by atoms with Crippen LogP contribution in [0.15, 0.2) is 12.4 Å². The van der Waals surface area contributed by atoms with Crippen LogP contribution in [0.25, 0.3) is 5.78 Å². The number of nitrogens with zero attached hydrogens (tertiary/aromatic N) is 5. The normalized spacial score (nSPS) is 17.3. The van der Waals surface area contributed by atoms with Crippen LogP contribution in [-0.4, -0.2) is 32.7 Å². The Morgan fingerprint density at radius 1 is 1.37 bits per heavy atom. The Hall–Kier alpha value is -1.36. The first-order valence-corrected chi connectivity index (χ1v) is 7.27. The first kappa shape index (κ1) is 12.7. The summed E-state index contributed by atoms with van der Waals surface area (Å²) in [6.45, 7) is 4.37. The fourth-order valence-electron chi connectivity index (χ4n) is 2.85. The van der Waals surface area contributed by atoms with Gasteiger partial charge in [0.15, 0.2) is 0 Å². The van der Waals surface area contributed by atoms with E-state index in [1.807, 2.05) is 6.07 Å². The van der Waals surface area contributed by atoms with Crippen LogP contribution in [0, 0.1) is 5.92 Å². The fraction of sp³-hybridized carbons (Fsp3) is 0.615. The van der Waals surface area contributed by atoms with Crippen molar-refractivity contribution >= 4 is 23.2 Å². The van der Waals surface area contributed by atoms with Gasteiger partial charge in [0.05, 0.1) is 0 Å². The Kier molecular flexibility index (Phi) is 3.55. The molecule has 0 N–H and O–H groups in total. The molecular formula is C13H18ClN5. The largest absolute Gasteiger partial charge is 0.356 e. The van der Waals surface area contributed by atoms with E-state index in [-0.39, 0.29) is 0 Å². The van der Waals surface area contributed by atoms with Crippen LogP contribution >= 0.6 is 11.6 Å².